The molecule has 4 rings (SSSR count). The number of nitrogens with zero attached hydrogens (tertiary/aromatic N) is 5. The average molecular weight is 526 g/mol. The zero-order valence-electron chi connectivity index (χ0n) is 22.8. The minimum atomic E-state index is -0.982. The van der Waals surface area contributed by atoms with Crippen LogP contribution in [0.5, 0.6) is 0 Å². The lowest BCUT2D eigenvalue weighted by atomic mass is 9.76. The molecule has 1 fully saturated rings. The second kappa shape index (κ2) is 9.75. The first-order valence-electron chi connectivity index (χ1n) is 12.5. The van der Waals surface area contributed by atoms with E-state index in [9.17, 15) is 19.5 Å². The van der Waals surface area contributed by atoms with E-state index in [1.807, 2.05) is 13.8 Å². The SMILES string of the molecule is CC(C)n1cccc(Nc2cc(N(C)C(=O)OC(C)(C)C)n3ncc(C(=O)NC4CC[C@@]4(C)O)c3n2)c1=O. The summed E-state index contributed by atoms with van der Waals surface area (Å²) in [4.78, 5) is 44.9. The van der Waals surface area contributed by atoms with Crippen LogP contribution < -0.4 is 21.1 Å². The maximum atomic E-state index is 13.2. The van der Waals surface area contributed by atoms with Crippen molar-refractivity contribution in [1.29, 1.82) is 0 Å². The van der Waals surface area contributed by atoms with Crippen LogP contribution in [0.2, 0.25) is 0 Å². The van der Waals surface area contributed by atoms with Crippen LogP contribution in [0.15, 0.2) is 35.4 Å². The summed E-state index contributed by atoms with van der Waals surface area (Å²) in [6.45, 7) is 10.8. The van der Waals surface area contributed by atoms with Crippen LogP contribution in [0.25, 0.3) is 5.65 Å². The van der Waals surface area contributed by atoms with Gasteiger partial charge < -0.3 is 25.0 Å². The molecule has 0 bridgehead atoms. The van der Waals surface area contributed by atoms with E-state index in [0.29, 0.717) is 12.8 Å². The maximum Gasteiger partial charge on any atom is 0.415 e. The molecule has 12 nitrogen and oxygen atoms in total. The Kier molecular flexibility index (Phi) is 6.96. The van der Waals surface area contributed by atoms with Crippen molar-refractivity contribution < 1.29 is 19.4 Å². The van der Waals surface area contributed by atoms with Gasteiger partial charge in [-0.05, 0) is 66.5 Å². The number of anilines is 3. The van der Waals surface area contributed by atoms with E-state index in [2.05, 4.69) is 20.7 Å². The number of carbonyl (C=O) groups is 2. The van der Waals surface area contributed by atoms with Crippen molar-refractivity contribution in [2.45, 2.75) is 77.7 Å². The summed E-state index contributed by atoms with van der Waals surface area (Å²) in [5, 5.41) is 20.5. The normalized spacial score (nSPS) is 19.2. The largest absolute Gasteiger partial charge is 0.443 e. The standard InChI is InChI=1S/C26H35N7O5/c1-15(2)32-12-8-9-17(23(32)35)28-19-13-20(31(7)24(36)38-25(3,4)5)33-21(30-19)16(14-27-33)22(34)29-18-10-11-26(18,6)37/h8-9,12-15,18,37H,10-11H2,1-7H3,(H,28,30)(H,29,34)/t18?,26-/m1/s1. The lowest BCUT2D eigenvalue weighted by molar-refractivity contribution is -0.0486. The average Bonchev–Trinajstić information content (AvgIpc) is 3.25. The Balaban J connectivity index is 1.79. The van der Waals surface area contributed by atoms with Crippen LogP contribution in [0.3, 0.4) is 0 Å². The summed E-state index contributed by atoms with van der Waals surface area (Å²) in [5.74, 6) is 0.0376. The maximum absolute atomic E-state index is 13.2. The fourth-order valence-corrected chi connectivity index (χ4v) is 4.15. The first kappa shape index (κ1) is 27.1. The fourth-order valence-electron chi connectivity index (χ4n) is 4.15. The highest BCUT2D eigenvalue weighted by molar-refractivity contribution is 6.00. The van der Waals surface area contributed by atoms with Gasteiger partial charge in [-0.25, -0.2) is 9.78 Å². The van der Waals surface area contributed by atoms with Crippen molar-refractivity contribution in [2.75, 3.05) is 17.3 Å². The molecule has 12 heteroatoms. The number of hydrogen-bond donors (Lipinski definition) is 3. The Morgan fingerprint density at radius 2 is 2.03 bits per heavy atom. The Labute approximate surface area is 220 Å². The second-order valence-electron chi connectivity index (χ2n) is 11.1. The zero-order chi connectivity index (χ0) is 28.0. The van der Waals surface area contributed by atoms with Crippen LogP contribution in [-0.4, -0.2) is 60.6 Å². The van der Waals surface area contributed by atoms with Gasteiger partial charge in [0, 0.05) is 25.4 Å². The molecule has 0 aliphatic heterocycles. The van der Waals surface area contributed by atoms with E-state index in [-0.39, 0.29) is 40.1 Å². The summed E-state index contributed by atoms with van der Waals surface area (Å²) < 4.78 is 8.46. The molecule has 3 N–H and O–H groups in total. The van der Waals surface area contributed by atoms with Gasteiger partial charge in [-0.2, -0.15) is 9.61 Å². The van der Waals surface area contributed by atoms with Crippen LogP contribution in [0, 0.1) is 0 Å². The van der Waals surface area contributed by atoms with Crippen LogP contribution in [-0.2, 0) is 4.74 Å². The topological polar surface area (TPSA) is 143 Å². The number of pyridine rings is 1. The smallest absolute Gasteiger partial charge is 0.415 e. The fraction of sp³-hybridized carbons (Fsp3) is 0.500. The molecule has 0 spiro atoms. The molecule has 0 radical (unpaired) electrons. The predicted octanol–water partition coefficient (Wildman–Crippen LogP) is 3.23. The van der Waals surface area contributed by atoms with E-state index in [4.69, 9.17) is 4.74 Å². The first-order chi connectivity index (χ1) is 17.7. The minimum Gasteiger partial charge on any atom is -0.443 e. The van der Waals surface area contributed by atoms with Crippen LogP contribution in [0.4, 0.5) is 22.1 Å². The van der Waals surface area contributed by atoms with Gasteiger partial charge in [0.15, 0.2) is 5.65 Å². The Hall–Kier alpha value is -3.93. The Bertz CT molecular complexity index is 1430. The van der Waals surface area contributed by atoms with E-state index in [1.54, 1.807) is 56.7 Å². The van der Waals surface area contributed by atoms with Crippen molar-refractivity contribution in [1.82, 2.24) is 24.5 Å². The summed E-state index contributed by atoms with van der Waals surface area (Å²) in [7, 11) is 1.52. The lowest BCUT2D eigenvalue weighted by Crippen LogP contribution is -2.58. The molecule has 2 amide bonds. The third-order valence-corrected chi connectivity index (χ3v) is 6.50. The second-order valence-corrected chi connectivity index (χ2v) is 11.1. The van der Waals surface area contributed by atoms with Gasteiger partial charge in [-0.3, -0.25) is 14.5 Å². The number of hydrogen-bond acceptors (Lipinski definition) is 8. The monoisotopic (exact) mass is 525 g/mol. The number of carbonyl (C=O) groups excluding carboxylic acids is 2. The summed E-state index contributed by atoms with van der Waals surface area (Å²) in [6.07, 6.45) is 3.67. The molecule has 2 atom stereocenters. The molecule has 0 aromatic carbocycles. The van der Waals surface area contributed by atoms with Gasteiger partial charge in [0.1, 0.15) is 28.5 Å². The van der Waals surface area contributed by atoms with Crippen LogP contribution >= 0.6 is 0 Å². The number of ether oxygens (including phenoxy) is 1. The van der Waals surface area contributed by atoms with E-state index in [1.165, 1.54) is 22.7 Å². The molecule has 1 unspecified atom stereocenters. The number of fused-ring (bicyclic) bond motifs is 1. The van der Waals surface area contributed by atoms with Crippen molar-refractivity contribution in [3.05, 3.63) is 46.5 Å². The number of amides is 2. The molecule has 1 aliphatic rings. The van der Waals surface area contributed by atoms with Gasteiger partial charge in [-0.15, -0.1) is 0 Å². The molecular formula is C26H35N7O5. The molecule has 3 aromatic heterocycles. The molecular weight excluding hydrogens is 490 g/mol. The van der Waals surface area contributed by atoms with Crippen molar-refractivity contribution in [2.24, 2.45) is 0 Å². The molecule has 0 saturated heterocycles. The third-order valence-electron chi connectivity index (χ3n) is 6.50. The van der Waals surface area contributed by atoms with Gasteiger partial charge in [0.25, 0.3) is 11.5 Å². The molecule has 3 heterocycles. The third kappa shape index (κ3) is 5.35. The highest BCUT2D eigenvalue weighted by Gasteiger charge is 2.42. The number of rotatable bonds is 6. The summed E-state index contributed by atoms with van der Waals surface area (Å²) in [6, 6.07) is 4.48. The molecule has 3 aromatic rings. The Morgan fingerprint density at radius 1 is 1.32 bits per heavy atom. The lowest BCUT2D eigenvalue weighted by Gasteiger charge is -2.42. The van der Waals surface area contributed by atoms with Crippen molar-refractivity contribution in [3.63, 3.8) is 0 Å². The van der Waals surface area contributed by atoms with Gasteiger partial charge >= 0.3 is 6.09 Å². The summed E-state index contributed by atoms with van der Waals surface area (Å²) in [5.41, 5.74) is -1.37. The van der Waals surface area contributed by atoms with Gasteiger partial charge in [0.05, 0.1) is 17.8 Å². The van der Waals surface area contributed by atoms with Gasteiger partial charge in [-0.1, -0.05) is 0 Å². The number of nitrogens with one attached hydrogen (secondary N) is 2. The van der Waals surface area contributed by atoms with E-state index in [0.717, 1.165) is 0 Å². The quantitative estimate of drug-likeness (QED) is 0.445. The number of aliphatic hydroxyl groups is 1. The highest BCUT2D eigenvalue weighted by atomic mass is 16.6. The van der Waals surface area contributed by atoms with E-state index >= 15 is 0 Å². The molecule has 204 valence electrons. The van der Waals surface area contributed by atoms with E-state index < -0.39 is 29.2 Å². The Morgan fingerprint density at radius 3 is 2.61 bits per heavy atom. The molecule has 38 heavy (non-hydrogen) atoms. The van der Waals surface area contributed by atoms with Crippen molar-refractivity contribution in [3.8, 4) is 0 Å². The van der Waals surface area contributed by atoms with Crippen molar-refractivity contribution >= 4 is 35.0 Å². The van der Waals surface area contributed by atoms with Gasteiger partial charge in [0.2, 0.25) is 0 Å². The summed E-state index contributed by atoms with van der Waals surface area (Å²) >= 11 is 0. The molecule has 1 saturated carbocycles. The first-order valence-corrected chi connectivity index (χ1v) is 12.5. The number of aromatic nitrogens is 4. The highest BCUT2D eigenvalue weighted by Crippen LogP contribution is 2.32. The van der Waals surface area contributed by atoms with Crippen LogP contribution in [0.1, 0.15) is 70.8 Å². The predicted molar refractivity (Wildman–Crippen MR) is 143 cm³/mol. The minimum absolute atomic E-state index is 0.0533. The molecule has 1 aliphatic carbocycles. The zero-order valence-corrected chi connectivity index (χ0v) is 22.8.